The minimum Gasteiger partial charge on any atom is -0.369 e. The van der Waals surface area contributed by atoms with Crippen LogP contribution in [0.2, 0.25) is 0 Å². The summed E-state index contributed by atoms with van der Waals surface area (Å²) in [5.74, 6) is -0.230. The van der Waals surface area contributed by atoms with E-state index in [1.807, 2.05) is 0 Å². The smallest absolute Gasteiger partial charge is 0.231 e. The second kappa shape index (κ2) is 6.76. The van der Waals surface area contributed by atoms with Crippen molar-refractivity contribution >= 4 is 5.91 Å². The van der Waals surface area contributed by atoms with E-state index in [1.165, 1.54) is 6.42 Å². The van der Waals surface area contributed by atoms with Gasteiger partial charge in [0.2, 0.25) is 5.91 Å². The summed E-state index contributed by atoms with van der Waals surface area (Å²) in [4.78, 5) is 15.2. The molecule has 0 aromatic carbocycles. The summed E-state index contributed by atoms with van der Waals surface area (Å²) in [6.07, 6.45) is 2.27. The second-order valence-electron chi connectivity index (χ2n) is 4.08. The maximum atomic E-state index is 10.7. The minimum atomic E-state index is -0.230. The highest BCUT2D eigenvalue weighted by Crippen LogP contribution is 2.02. The molecule has 0 bridgehead atoms. The molecular weight excluding hydrogens is 192 g/mol. The van der Waals surface area contributed by atoms with Gasteiger partial charge in [-0.2, -0.15) is 0 Å². The molecule has 4 N–H and O–H groups in total. The first-order valence-corrected chi connectivity index (χ1v) is 5.65. The van der Waals surface area contributed by atoms with Crippen molar-refractivity contribution in [3.63, 3.8) is 0 Å². The van der Waals surface area contributed by atoms with Crippen LogP contribution in [0.3, 0.4) is 0 Å². The summed E-state index contributed by atoms with van der Waals surface area (Å²) in [6.45, 7) is 6.28. The van der Waals surface area contributed by atoms with Crippen molar-refractivity contribution in [1.82, 2.24) is 9.80 Å². The highest BCUT2D eigenvalue weighted by Gasteiger charge is 2.17. The summed E-state index contributed by atoms with van der Waals surface area (Å²) in [5, 5.41) is 0. The molecule has 5 nitrogen and oxygen atoms in total. The second-order valence-corrected chi connectivity index (χ2v) is 4.08. The van der Waals surface area contributed by atoms with Crippen molar-refractivity contribution in [2.45, 2.75) is 12.8 Å². The van der Waals surface area contributed by atoms with Crippen LogP contribution in [0, 0.1) is 0 Å². The van der Waals surface area contributed by atoms with Crippen LogP contribution in [0.5, 0.6) is 0 Å². The fourth-order valence-corrected chi connectivity index (χ4v) is 1.87. The van der Waals surface area contributed by atoms with E-state index in [4.69, 9.17) is 11.5 Å². The van der Waals surface area contributed by atoms with E-state index in [1.54, 1.807) is 0 Å². The minimum absolute atomic E-state index is 0.230. The lowest BCUT2D eigenvalue weighted by Crippen LogP contribution is -2.48. The summed E-state index contributed by atoms with van der Waals surface area (Å²) in [7, 11) is 0. The quantitative estimate of drug-likeness (QED) is 0.546. The Morgan fingerprint density at radius 3 is 2.20 bits per heavy atom. The summed E-state index contributed by atoms with van der Waals surface area (Å²) < 4.78 is 0. The van der Waals surface area contributed by atoms with Crippen LogP contribution < -0.4 is 11.5 Å². The Bertz CT molecular complexity index is 190. The molecule has 0 aliphatic carbocycles. The van der Waals surface area contributed by atoms with Crippen molar-refractivity contribution in [1.29, 1.82) is 0 Å². The molecular formula is C10H22N4O. The molecule has 0 unspecified atom stereocenters. The van der Waals surface area contributed by atoms with E-state index >= 15 is 0 Å². The average Bonchev–Trinajstić information content (AvgIpc) is 2.20. The number of unbranched alkanes of at least 4 members (excludes halogenated alkanes) is 1. The van der Waals surface area contributed by atoms with Crippen LogP contribution in [0.1, 0.15) is 12.8 Å². The normalized spacial score (nSPS) is 19.3. The van der Waals surface area contributed by atoms with E-state index in [0.717, 1.165) is 45.7 Å². The average molecular weight is 214 g/mol. The number of nitrogens with two attached hydrogens (primary N) is 2. The Labute approximate surface area is 91.4 Å². The van der Waals surface area contributed by atoms with E-state index in [0.29, 0.717) is 6.54 Å². The van der Waals surface area contributed by atoms with Crippen LogP contribution >= 0.6 is 0 Å². The van der Waals surface area contributed by atoms with Gasteiger partial charge in [-0.25, -0.2) is 0 Å². The third-order valence-electron chi connectivity index (χ3n) is 2.77. The number of primary amides is 1. The van der Waals surface area contributed by atoms with Crippen LogP contribution in [-0.4, -0.2) is 61.5 Å². The van der Waals surface area contributed by atoms with Gasteiger partial charge in [0.15, 0.2) is 0 Å². The van der Waals surface area contributed by atoms with E-state index < -0.39 is 0 Å². The van der Waals surface area contributed by atoms with Crippen molar-refractivity contribution in [2.24, 2.45) is 11.5 Å². The molecule has 0 aromatic heterocycles. The molecule has 1 amide bonds. The first kappa shape index (κ1) is 12.4. The molecule has 1 aliphatic heterocycles. The highest BCUT2D eigenvalue weighted by atomic mass is 16.1. The largest absolute Gasteiger partial charge is 0.369 e. The van der Waals surface area contributed by atoms with Crippen molar-refractivity contribution in [3.8, 4) is 0 Å². The van der Waals surface area contributed by atoms with E-state index in [2.05, 4.69) is 9.80 Å². The third-order valence-corrected chi connectivity index (χ3v) is 2.77. The van der Waals surface area contributed by atoms with Crippen molar-refractivity contribution < 1.29 is 4.79 Å². The highest BCUT2D eigenvalue weighted by molar-refractivity contribution is 5.75. The monoisotopic (exact) mass is 214 g/mol. The van der Waals surface area contributed by atoms with Crippen LogP contribution in [0.4, 0.5) is 0 Å². The fraction of sp³-hybridized carbons (Fsp3) is 0.900. The van der Waals surface area contributed by atoms with Gasteiger partial charge in [0.25, 0.3) is 0 Å². The number of rotatable bonds is 6. The maximum absolute atomic E-state index is 10.7. The lowest BCUT2D eigenvalue weighted by Gasteiger charge is -2.33. The van der Waals surface area contributed by atoms with Crippen LogP contribution in [0.25, 0.3) is 0 Å². The van der Waals surface area contributed by atoms with Crippen molar-refractivity contribution in [3.05, 3.63) is 0 Å². The molecule has 1 fully saturated rings. The lowest BCUT2D eigenvalue weighted by molar-refractivity contribution is -0.119. The molecule has 0 aromatic rings. The zero-order valence-corrected chi connectivity index (χ0v) is 9.32. The van der Waals surface area contributed by atoms with Gasteiger partial charge in [-0.05, 0) is 25.9 Å². The molecule has 88 valence electrons. The number of hydrogen-bond donors (Lipinski definition) is 2. The number of piperazine rings is 1. The van der Waals surface area contributed by atoms with Gasteiger partial charge in [0.1, 0.15) is 0 Å². The van der Waals surface area contributed by atoms with Gasteiger partial charge in [-0.3, -0.25) is 9.69 Å². The maximum Gasteiger partial charge on any atom is 0.231 e. The fourth-order valence-electron chi connectivity index (χ4n) is 1.87. The van der Waals surface area contributed by atoms with Crippen LogP contribution in [0.15, 0.2) is 0 Å². The zero-order chi connectivity index (χ0) is 11.1. The Kier molecular flexibility index (Phi) is 5.60. The molecule has 0 radical (unpaired) electrons. The first-order chi connectivity index (χ1) is 7.22. The molecule has 1 aliphatic rings. The SMILES string of the molecule is NCCCCN1CCN(CC(N)=O)CC1. The Morgan fingerprint density at radius 2 is 1.67 bits per heavy atom. The molecule has 1 heterocycles. The predicted molar refractivity (Wildman–Crippen MR) is 60.4 cm³/mol. The van der Waals surface area contributed by atoms with E-state index in [9.17, 15) is 4.79 Å². The predicted octanol–water partition coefficient (Wildman–Crippen LogP) is -1.17. The number of amides is 1. The molecule has 1 saturated heterocycles. The standard InChI is InChI=1S/C10H22N4O/c11-3-1-2-4-13-5-7-14(8-6-13)9-10(12)15/h1-9,11H2,(H2,12,15). The molecule has 1 rings (SSSR count). The van der Waals surface area contributed by atoms with Gasteiger partial charge in [-0.1, -0.05) is 0 Å². The third kappa shape index (κ3) is 5.11. The number of hydrogen-bond acceptors (Lipinski definition) is 4. The molecule has 15 heavy (non-hydrogen) atoms. The Morgan fingerprint density at radius 1 is 1.07 bits per heavy atom. The Hall–Kier alpha value is -0.650. The van der Waals surface area contributed by atoms with Gasteiger partial charge >= 0.3 is 0 Å². The van der Waals surface area contributed by atoms with Gasteiger partial charge in [-0.15, -0.1) is 0 Å². The summed E-state index contributed by atoms with van der Waals surface area (Å²) in [5.41, 5.74) is 10.6. The number of nitrogens with zero attached hydrogens (tertiary/aromatic N) is 2. The van der Waals surface area contributed by atoms with Gasteiger partial charge in [0, 0.05) is 26.2 Å². The number of carbonyl (C=O) groups is 1. The first-order valence-electron chi connectivity index (χ1n) is 5.65. The summed E-state index contributed by atoms with van der Waals surface area (Å²) in [6, 6.07) is 0. The molecule has 0 atom stereocenters. The van der Waals surface area contributed by atoms with Gasteiger partial charge in [0.05, 0.1) is 6.54 Å². The Balaban J connectivity index is 2.10. The molecule has 0 spiro atoms. The molecule has 5 heteroatoms. The summed E-state index contributed by atoms with van der Waals surface area (Å²) >= 11 is 0. The number of carbonyl (C=O) groups excluding carboxylic acids is 1. The molecule has 0 saturated carbocycles. The van der Waals surface area contributed by atoms with Gasteiger partial charge < -0.3 is 16.4 Å². The zero-order valence-electron chi connectivity index (χ0n) is 9.32. The van der Waals surface area contributed by atoms with Crippen LogP contribution in [-0.2, 0) is 4.79 Å². The van der Waals surface area contributed by atoms with Crippen molar-refractivity contribution in [2.75, 3.05) is 45.8 Å². The van der Waals surface area contributed by atoms with E-state index in [-0.39, 0.29) is 5.91 Å². The topological polar surface area (TPSA) is 75.6 Å². The lowest BCUT2D eigenvalue weighted by atomic mass is 10.2.